The summed E-state index contributed by atoms with van der Waals surface area (Å²) in [7, 11) is 1.77. The lowest BCUT2D eigenvalue weighted by atomic mass is 10.3. The summed E-state index contributed by atoms with van der Waals surface area (Å²) >= 11 is 0. The zero-order valence-electron chi connectivity index (χ0n) is 7.13. The minimum Gasteiger partial charge on any atom is -0.346 e. The van der Waals surface area contributed by atoms with Gasteiger partial charge < -0.3 is 4.90 Å². The lowest BCUT2D eigenvalue weighted by Crippen LogP contribution is -2.26. The van der Waals surface area contributed by atoms with Crippen molar-refractivity contribution in [2.24, 2.45) is 0 Å². The van der Waals surface area contributed by atoms with Crippen LogP contribution in [-0.2, 0) is 4.79 Å². The molecule has 3 heteroatoms. The van der Waals surface area contributed by atoms with Crippen molar-refractivity contribution in [2.75, 3.05) is 13.6 Å². The van der Waals surface area contributed by atoms with Crippen LogP contribution in [0.4, 0.5) is 0 Å². The van der Waals surface area contributed by atoms with Gasteiger partial charge in [-0.25, -0.2) is 0 Å². The second-order valence-corrected chi connectivity index (χ2v) is 2.43. The van der Waals surface area contributed by atoms with Crippen molar-refractivity contribution in [1.29, 1.82) is 5.26 Å². The van der Waals surface area contributed by atoms with Crippen molar-refractivity contribution >= 4 is 5.91 Å². The number of nitrogens with zero attached hydrogens (tertiary/aromatic N) is 2. The Hall–Kier alpha value is -1.04. The van der Waals surface area contributed by atoms with Gasteiger partial charge in [-0.1, -0.05) is 6.92 Å². The Morgan fingerprint density at radius 3 is 2.73 bits per heavy atom. The molecule has 0 atom stereocenters. The highest BCUT2D eigenvalue weighted by atomic mass is 16.2. The molecule has 1 amide bonds. The summed E-state index contributed by atoms with van der Waals surface area (Å²) in [6, 6.07) is 2.04. The molecule has 0 heterocycles. The van der Waals surface area contributed by atoms with Crippen LogP contribution in [-0.4, -0.2) is 24.4 Å². The van der Waals surface area contributed by atoms with Gasteiger partial charge in [-0.05, 0) is 6.42 Å². The highest BCUT2D eigenvalue weighted by Gasteiger charge is 2.03. The van der Waals surface area contributed by atoms with Gasteiger partial charge in [-0.2, -0.15) is 5.26 Å². The average molecular weight is 154 g/mol. The molecular formula is C8H14N2O. The monoisotopic (exact) mass is 154 g/mol. The minimum absolute atomic E-state index is 0.142. The lowest BCUT2D eigenvalue weighted by molar-refractivity contribution is -0.129. The van der Waals surface area contributed by atoms with Crippen LogP contribution < -0.4 is 0 Å². The summed E-state index contributed by atoms with van der Waals surface area (Å²) in [5.41, 5.74) is 0. The zero-order chi connectivity index (χ0) is 8.69. The number of carbonyl (C=O) groups excluding carboxylic acids is 1. The smallest absolute Gasteiger partial charge is 0.222 e. The van der Waals surface area contributed by atoms with Crippen molar-refractivity contribution in [3.8, 4) is 6.07 Å². The Labute approximate surface area is 67.6 Å². The first kappa shape index (κ1) is 9.96. The normalized spacial score (nSPS) is 8.82. The molecule has 0 aromatic heterocycles. The molecule has 0 unspecified atom stereocenters. The van der Waals surface area contributed by atoms with Crippen LogP contribution in [0.25, 0.3) is 0 Å². The SMILES string of the molecule is CCC(=O)N(C)CCCC#N. The number of hydrogen-bond donors (Lipinski definition) is 0. The first-order chi connectivity index (χ1) is 5.22. The number of unbranched alkanes of at least 4 members (excludes halogenated alkanes) is 1. The fraction of sp³-hybridized carbons (Fsp3) is 0.750. The summed E-state index contributed by atoms with van der Waals surface area (Å²) in [4.78, 5) is 12.6. The highest BCUT2D eigenvalue weighted by Crippen LogP contribution is 1.94. The number of rotatable bonds is 4. The molecule has 0 aliphatic carbocycles. The molecule has 0 saturated heterocycles. The van der Waals surface area contributed by atoms with Gasteiger partial charge in [-0.15, -0.1) is 0 Å². The fourth-order valence-corrected chi connectivity index (χ4v) is 0.790. The number of carbonyl (C=O) groups is 1. The Balaban J connectivity index is 3.45. The lowest BCUT2D eigenvalue weighted by Gasteiger charge is -2.14. The molecule has 0 radical (unpaired) electrons. The zero-order valence-corrected chi connectivity index (χ0v) is 7.13. The maximum Gasteiger partial charge on any atom is 0.222 e. The summed E-state index contributed by atoms with van der Waals surface area (Å²) in [6.07, 6.45) is 1.85. The first-order valence-electron chi connectivity index (χ1n) is 3.83. The quantitative estimate of drug-likeness (QED) is 0.570. The maximum absolute atomic E-state index is 10.9. The summed E-state index contributed by atoms with van der Waals surface area (Å²) in [6.45, 7) is 2.53. The molecular weight excluding hydrogens is 140 g/mol. The predicted octanol–water partition coefficient (Wildman–Crippen LogP) is 1.16. The number of amides is 1. The van der Waals surface area contributed by atoms with E-state index in [1.165, 1.54) is 0 Å². The van der Waals surface area contributed by atoms with Crippen molar-refractivity contribution < 1.29 is 4.79 Å². The van der Waals surface area contributed by atoms with Gasteiger partial charge >= 0.3 is 0 Å². The molecule has 0 fully saturated rings. The van der Waals surface area contributed by atoms with Gasteiger partial charge in [0.05, 0.1) is 6.07 Å². The fourth-order valence-electron chi connectivity index (χ4n) is 0.790. The molecule has 62 valence electrons. The van der Waals surface area contributed by atoms with E-state index in [0.717, 1.165) is 6.42 Å². The molecule has 0 spiro atoms. The average Bonchev–Trinajstić information content (AvgIpc) is 2.03. The van der Waals surface area contributed by atoms with Crippen LogP contribution >= 0.6 is 0 Å². The van der Waals surface area contributed by atoms with Gasteiger partial charge in [0, 0.05) is 26.4 Å². The van der Waals surface area contributed by atoms with Crippen LogP contribution in [0.2, 0.25) is 0 Å². The van der Waals surface area contributed by atoms with E-state index in [4.69, 9.17) is 5.26 Å². The van der Waals surface area contributed by atoms with E-state index in [1.807, 2.05) is 13.0 Å². The van der Waals surface area contributed by atoms with E-state index in [-0.39, 0.29) is 5.91 Å². The Bertz CT molecular complexity index is 160. The predicted molar refractivity (Wildman–Crippen MR) is 42.8 cm³/mol. The highest BCUT2D eigenvalue weighted by molar-refractivity contribution is 5.75. The topological polar surface area (TPSA) is 44.1 Å². The second kappa shape index (κ2) is 5.72. The van der Waals surface area contributed by atoms with E-state index < -0.39 is 0 Å². The standard InChI is InChI=1S/C8H14N2O/c1-3-8(11)10(2)7-5-4-6-9/h3-5,7H2,1-2H3. The van der Waals surface area contributed by atoms with Gasteiger partial charge in [0.1, 0.15) is 0 Å². The first-order valence-corrected chi connectivity index (χ1v) is 3.83. The van der Waals surface area contributed by atoms with Crippen LogP contribution in [0, 0.1) is 11.3 Å². The van der Waals surface area contributed by atoms with Gasteiger partial charge in [0.25, 0.3) is 0 Å². The molecule has 0 saturated carbocycles. The van der Waals surface area contributed by atoms with Crippen LogP contribution in [0.3, 0.4) is 0 Å². The van der Waals surface area contributed by atoms with E-state index in [1.54, 1.807) is 11.9 Å². The molecule has 0 aliphatic heterocycles. The molecule has 0 aromatic carbocycles. The summed E-state index contributed by atoms with van der Waals surface area (Å²) in [5.74, 6) is 0.142. The molecule has 0 rings (SSSR count). The second-order valence-electron chi connectivity index (χ2n) is 2.43. The molecule has 3 nitrogen and oxygen atoms in total. The molecule has 0 aliphatic rings. The Morgan fingerprint density at radius 1 is 1.64 bits per heavy atom. The van der Waals surface area contributed by atoms with E-state index >= 15 is 0 Å². The van der Waals surface area contributed by atoms with Gasteiger partial charge in [0.15, 0.2) is 0 Å². The largest absolute Gasteiger partial charge is 0.346 e. The van der Waals surface area contributed by atoms with Crippen LogP contribution in [0.5, 0.6) is 0 Å². The van der Waals surface area contributed by atoms with E-state index in [9.17, 15) is 4.79 Å². The third-order valence-corrected chi connectivity index (χ3v) is 1.51. The summed E-state index contributed by atoms with van der Waals surface area (Å²) in [5, 5.41) is 8.22. The number of hydrogen-bond acceptors (Lipinski definition) is 2. The van der Waals surface area contributed by atoms with Crippen molar-refractivity contribution in [2.45, 2.75) is 26.2 Å². The molecule has 0 N–H and O–H groups in total. The Morgan fingerprint density at radius 2 is 2.27 bits per heavy atom. The van der Waals surface area contributed by atoms with Gasteiger partial charge in [-0.3, -0.25) is 4.79 Å². The van der Waals surface area contributed by atoms with Gasteiger partial charge in [0.2, 0.25) is 5.91 Å². The molecule has 0 bridgehead atoms. The van der Waals surface area contributed by atoms with Crippen molar-refractivity contribution in [1.82, 2.24) is 4.90 Å². The minimum atomic E-state index is 0.142. The third kappa shape index (κ3) is 4.38. The van der Waals surface area contributed by atoms with Crippen molar-refractivity contribution in [3.05, 3.63) is 0 Å². The maximum atomic E-state index is 10.9. The third-order valence-electron chi connectivity index (χ3n) is 1.51. The summed E-state index contributed by atoms with van der Waals surface area (Å²) < 4.78 is 0. The molecule has 0 aromatic rings. The van der Waals surface area contributed by atoms with E-state index in [2.05, 4.69) is 0 Å². The van der Waals surface area contributed by atoms with Crippen LogP contribution in [0.15, 0.2) is 0 Å². The Kier molecular flexibility index (Phi) is 5.18. The molecule has 11 heavy (non-hydrogen) atoms. The van der Waals surface area contributed by atoms with Crippen LogP contribution in [0.1, 0.15) is 26.2 Å². The number of nitriles is 1. The van der Waals surface area contributed by atoms with Crippen molar-refractivity contribution in [3.63, 3.8) is 0 Å². The van der Waals surface area contributed by atoms with E-state index in [0.29, 0.717) is 19.4 Å².